The highest BCUT2D eigenvalue weighted by Gasteiger charge is 2.22. The number of carbonyl (C=O) groups excluding carboxylic acids is 1. The molecule has 9 heteroatoms. The van der Waals surface area contributed by atoms with Gasteiger partial charge in [0.25, 0.3) is 0 Å². The van der Waals surface area contributed by atoms with E-state index in [2.05, 4.69) is 37.0 Å². The number of hydrogen-bond donors (Lipinski definition) is 1. The highest BCUT2D eigenvalue weighted by Crippen LogP contribution is 2.22. The summed E-state index contributed by atoms with van der Waals surface area (Å²) >= 11 is 0. The number of nitrogens with one attached hydrogen (secondary N) is 1. The summed E-state index contributed by atoms with van der Waals surface area (Å²) in [4.78, 5) is 29.8. The topological polar surface area (TPSA) is 79.2 Å². The van der Waals surface area contributed by atoms with E-state index in [0.29, 0.717) is 12.2 Å². The molecule has 28 heavy (non-hydrogen) atoms. The molecule has 0 unspecified atom stereocenters. The number of piperazine rings is 1. The Bertz CT molecular complexity index is 964. The number of nitrogens with zero attached hydrogens (tertiary/aromatic N) is 6. The highest BCUT2D eigenvalue weighted by molar-refractivity contribution is 5.92. The van der Waals surface area contributed by atoms with Gasteiger partial charge >= 0.3 is 0 Å². The van der Waals surface area contributed by atoms with E-state index in [-0.39, 0.29) is 11.7 Å². The lowest BCUT2D eigenvalue weighted by Crippen LogP contribution is -2.49. The van der Waals surface area contributed by atoms with E-state index >= 15 is 0 Å². The zero-order chi connectivity index (χ0) is 19.5. The van der Waals surface area contributed by atoms with Crippen LogP contribution in [-0.2, 0) is 11.3 Å². The van der Waals surface area contributed by atoms with Crippen molar-refractivity contribution < 1.29 is 9.18 Å². The van der Waals surface area contributed by atoms with Crippen LogP contribution in [0.15, 0.2) is 36.9 Å². The Labute approximate surface area is 162 Å². The standard InChI is InChI=1S/C19H22FN7O/c1-2-26-13-23-17-18(26)21-12-22-19(17)27-9-7-25(8-10-27)11-16(28)24-15-5-3-14(20)4-6-15/h3-6,12-13H,2,7-11H2,1H3,(H,24,28). The van der Waals surface area contributed by atoms with Crippen molar-refractivity contribution in [2.24, 2.45) is 0 Å². The second kappa shape index (κ2) is 7.89. The molecule has 4 rings (SSSR count). The number of hydrogen-bond acceptors (Lipinski definition) is 6. The van der Waals surface area contributed by atoms with Crippen LogP contribution in [0.2, 0.25) is 0 Å². The van der Waals surface area contributed by atoms with E-state index < -0.39 is 0 Å². The molecule has 8 nitrogen and oxygen atoms in total. The van der Waals surface area contributed by atoms with Crippen molar-refractivity contribution >= 4 is 28.6 Å². The van der Waals surface area contributed by atoms with Gasteiger partial charge in [-0.15, -0.1) is 0 Å². The molecule has 1 aliphatic rings. The van der Waals surface area contributed by atoms with Crippen LogP contribution in [0, 0.1) is 5.82 Å². The van der Waals surface area contributed by atoms with Crippen LogP contribution in [0.5, 0.6) is 0 Å². The van der Waals surface area contributed by atoms with Crippen molar-refractivity contribution in [1.82, 2.24) is 24.4 Å². The van der Waals surface area contributed by atoms with Crippen molar-refractivity contribution in [2.75, 3.05) is 42.9 Å². The summed E-state index contributed by atoms with van der Waals surface area (Å²) < 4.78 is 14.9. The maximum absolute atomic E-state index is 13.0. The van der Waals surface area contributed by atoms with E-state index in [1.54, 1.807) is 24.8 Å². The number of benzene rings is 1. The zero-order valence-corrected chi connectivity index (χ0v) is 15.7. The molecule has 1 aliphatic heterocycles. The molecule has 2 aromatic heterocycles. The molecule has 3 heterocycles. The number of rotatable bonds is 5. The summed E-state index contributed by atoms with van der Waals surface area (Å²) in [5.41, 5.74) is 2.25. The van der Waals surface area contributed by atoms with Crippen LogP contribution in [-0.4, -0.2) is 63.0 Å². The molecule has 0 bridgehead atoms. The molecule has 3 aromatic rings. The van der Waals surface area contributed by atoms with Crippen LogP contribution in [0.4, 0.5) is 15.9 Å². The maximum Gasteiger partial charge on any atom is 0.238 e. The lowest BCUT2D eigenvalue weighted by Gasteiger charge is -2.34. The predicted octanol–water partition coefficient (Wildman–Crippen LogP) is 1.75. The van der Waals surface area contributed by atoms with Gasteiger partial charge in [-0.3, -0.25) is 9.69 Å². The lowest BCUT2D eigenvalue weighted by molar-refractivity contribution is -0.117. The molecule has 1 saturated heterocycles. The fraction of sp³-hybridized carbons (Fsp3) is 0.368. The summed E-state index contributed by atoms with van der Waals surface area (Å²) in [7, 11) is 0. The lowest BCUT2D eigenvalue weighted by atomic mass is 10.3. The van der Waals surface area contributed by atoms with Gasteiger partial charge in [-0.1, -0.05) is 0 Å². The van der Waals surface area contributed by atoms with Gasteiger partial charge in [-0.2, -0.15) is 0 Å². The van der Waals surface area contributed by atoms with Crippen LogP contribution < -0.4 is 10.2 Å². The smallest absolute Gasteiger partial charge is 0.238 e. The Hall–Kier alpha value is -3.07. The average molecular weight is 383 g/mol. The van der Waals surface area contributed by atoms with E-state index in [1.807, 2.05) is 4.57 Å². The molecule has 1 amide bonds. The first kappa shape index (κ1) is 18.3. The quantitative estimate of drug-likeness (QED) is 0.723. The summed E-state index contributed by atoms with van der Waals surface area (Å²) in [6.45, 7) is 6.18. The summed E-state index contributed by atoms with van der Waals surface area (Å²) in [6, 6.07) is 5.77. The van der Waals surface area contributed by atoms with Crippen molar-refractivity contribution in [2.45, 2.75) is 13.5 Å². The van der Waals surface area contributed by atoms with Gasteiger partial charge in [-0.05, 0) is 31.2 Å². The SMILES string of the molecule is CCn1cnc2c(N3CCN(CC(=O)Nc4ccc(F)cc4)CC3)ncnc21. The second-order valence-corrected chi connectivity index (χ2v) is 6.72. The van der Waals surface area contributed by atoms with E-state index in [9.17, 15) is 9.18 Å². The monoisotopic (exact) mass is 383 g/mol. The number of imidazole rings is 1. The van der Waals surface area contributed by atoms with Gasteiger partial charge in [0.2, 0.25) is 5.91 Å². The molecule has 0 spiro atoms. The van der Waals surface area contributed by atoms with Gasteiger partial charge in [0.15, 0.2) is 17.0 Å². The van der Waals surface area contributed by atoms with Gasteiger partial charge in [-0.25, -0.2) is 19.3 Å². The third-order valence-electron chi connectivity index (χ3n) is 4.89. The Morgan fingerprint density at radius 1 is 1.11 bits per heavy atom. The molecular formula is C19H22FN7O. The van der Waals surface area contributed by atoms with Crippen molar-refractivity contribution in [3.63, 3.8) is 0 Å². The van der Waals surface area contributed by atoms with Crippen molar-refractivity contribution in [1.29, 1.82) is 0 Å². The molecule has 1 N–H and O–H groups in total. The van der Waals surface area contributed by atoms with Gasteiger partial charge in [0, 0.05) is 38.4 Å². The predicted molar refractivity (Wildman–Crippen MR) is 105 cm³/mol. The molecular weight excluding hydrogens is 361 g/mol. The second-order valence-electron chi connectivity index (χ2n) is 6.72. The molecule has 0 saturated carbocycles. The highest BCUT2D eigenvalue weighted by atomic mass is 19.1. The van der Waals surface area contributed by atoms with E-state index in [4.69, 9.17) is 0 Å². The van der Waals surface area contributed by atoms with E-state index in [0.717, 1.165) is 49.7 Å². The Morgan fingerprint density at radius 3 is 2.57 bits per heavy atom. The minimum absolute atomic E-state index is 0.105. The number of amides is 1. The van der Waals surface area contributed by atoms with Crippen molar-refractivity contribution in [3.8, 4) is 0 Å². The number of halogens is 1. The Kier molecular flexibility index (Phi) is 5.16. The van der Waals surface area contributed by atoms with Crippen molar-refractivity contribution in [3.05, 3.63) is 42.7 Å². The fourth-order valence-corrected chi connectivity index (χ4v) is 3.39. The first-order valence-corrected chi connectivity index (χ1v) is 9.32. The molecule has 0 aliphatic carbocycles. The Morgan fingerprint density at radius 2 is 1.86 bits per heavy atom. The zero-order valence-electron chi connectivity index (χ0n) is 15.7. The summed E-state index contributed by atoms with van der Waals surface area (Å²) in [5, 5.41) is 2.80. The fourth-order valence-electron chi connectivity index (χ4n) is 3.39. The van der Waals surface area contributed by atoms with Crippen LogP contribution in [0.1, 0.15) is 6.92 Å². The normalized spacial score (nSPS) is 15.1. The van der Waals surface area contributed by atoms with E-state index in [1.165, 1.54) is 12.1 Å². The first-order valence-electron chi connectivity index (χ1n) is 9.32. The number of aromatic nitrogens is 4. The minimum Gasteiger partial charge on any atom is -0.352 e. The van der Waals surface area contributed by atoms with Gasteiger partial charge in [0.05, 0.1) is 12.9 Å². The van der Waals surface area contributed by atoms with Crippen LogP contribution in [0.3, 0.4) is 0 Å². The number of aryl methyl sites for hydroxylation is 1. The largest absolute Gasteiger partial charge is 0.352 e. The van der Waals surface area contributed by atoms with Gasteiger partial charge < -0.3 is 14.8 Å². The van der Waals surface area contributed by atoms with Crippen LogP contribution in [0.25, 0.3) is 11.2 Å². The minimum atomic E-state index is -0.322. The summed E-state index contributed by atoms with van der Waals surface area (Å²) in [6.07, 6.45) is 3.37. The third kappa shape index (κ3) is 3.79. The molecule has 146 valence electrons. The number of fused-ring (bicyclic) bond motifs is 1. The van der Waals surface area contributed by atoms with Gasteiger partial charge in [0.1, 0.15) is 12.1 Å². The average Bonchev–Trinajstić information content (AvgIpc) is 3.14. The molecule has 0 atom stereocenters. The third-order valence-corrected chi connectivity index (χ3v) is 4.89. The maximum atomic E-state index is 13.0. The molecule has 1 aromatic carbocycles. The molecule has 1 fully saturated rings. The number of anilines is 2. The van der Waals surface area contributed by atoms with Crippen LogP contribution >= 0.6 is 0 Å². The Balaban J connectivity index is 1.35. The first-order chi connectivity index (χ1) is 13.6. The summed E-state index contributed by atoms with van der Waals surface area (Å²) in [5.74, 6) is 0.413. The number of carbonyl (C=O) groups is 1. The molecule has 0 radical (unpaired) electrons.